The highest BCUT2D eigenvalue weighted by Crippen LogP contribution is 2.55. The van der Waals surface area contributed by atoms with Gasteiger partial charge in [-0.2, -0.15) is 16.8 Å². The number of amides is 1. The summed E-state index contributed by atoms with van der Waals surface area (Å²) in [4.78, 5) is 14.4. The smallest absolute Gasteiger partial charge is 0.304 e. The summed E-state index contributed by atoms with van der Waals surface area (Å²) in [5.74, 6) is -3.48. The van der Waals surface area contributed by atoms with Crippen LogP contribution in [0.15, 0.2) is 84.9 Å². The number of benzene rings is 4. The second kappa shape index (κ2) is 17.2. The topological polar surface area (TPSA) is 212 Å². The zero-order valence-electron chi connectivity index (χ0n) is 36.6. The molecule has 9 rings (SSSR count). The molecule has 3 aliphatic heterocycles. The third-order valence-electron chi connectivity index (χ3n) is 12.7. The Bertz CT molecular complexity index is 3500. The first kappa shape index (κ1) is 48.1. The number of rotatable bonds is 12. The van der Waals surface area contributed by atoms with Gasteiger partial charge in [-0.1, -0.05) is 17.2 Å². The van der Waals surface area contributed by atoms with Gasteiger partial charge in [0.2, 0.25) is 11.3 Å². The monoisotopic (exact) mass is 1040 g/mol. The SMILES string of the molecule is CN1c2cc3c(cc2-c2sc(SOOO)cc2C1(C)C)C(c1c(F)c(SCC(=O)NCCc2ccc(O)cc2)cc(F)c1S(=O)(=O)O)=c1cc2c(cc1O3)=[N+](C)C(C)(C)c1cc(S(=O)(=O)O)sc1-2. The van der Waals surface area contributed by atoms with Crippen LogP contribution in [0.25, 0.3) is 26.5 Å². The van der Waals surface area contributed by atoms with Gasteiger partial charge in [0.05, 0.1) is 44.1 Å². The number of hydrogen-bond acceptors (Lipinski definition) is 15. The van der Waals surface area contributed by atoms with Gasteiger partial charge in [0.25, 0.3) is 10.1 Å². The molecule has 6 aromatic rings. The number of hydrogen-bond donors (Lipinski definition) is 5. The molecule has 0 atom stereocenters. The highest BCUT2D eigenvalue weighted by molar-refractivity contribution is 8.00. The highest BCUT2D eigenvalue weighted by Gasteiger charge is 2.44. The molecular weight excluding hydrogens is 1000 g/mol. The second-order valence-corrected chi connectivity index (χ2v) is 24.3. The number of nitrogens with one attached hydrogen (secondary N) is 1. The van der Waals surface area contributed by atoms with Crippen LogP contribution in [0.3, 0.4) is 0 Å². The van der Waals surface area contributed by atoms with E-state index in [-0.39, 0.29) is 44.4 Å². The van der Waals surface area contributed by atoms with Crippen LogP contribution in [0.2, 0.25) is 0 Å². The summed E-state index contributed by atoms with van der Waals surface area (Å²) in [5.41, 5.74) is 1.25. The van der Waals surface area contributed by atoms with E-state index in [0.29, 0.717) is 65.9 Å². The Morgan fingerprint density at radius 2 is 1.60 bits per heavy atom. The Balaban J connectivity index is 1.30. The number of phenolic OH excluding ortho intramolecular Hbond substituents is 1. The zero-order chi connectivity index (χ0) is 49.0. The van der Waals surface area contributed by atoms with Crippen molar-refractivity contribution in [2.24, 2.45) is 0 Å². The van der Waals surface area contributed by atoms with Crippen molar-refractivity contribution in [2.75, 3.05) is 31.3 Å². The maximum Gasteiger partial charge on any atom is 0.304 e. The van der Waals surface area contributed by atoms with Gasteiger partial charge in [-0.25, -0.2) is 18.6 Å². The number of anilines is 1. The third-order valence-corrected chi connectivity index (χ3v) is 18.9. The predicted molar refractivity (Wildman–Crippen MR) is 254 cm³/mol. The van der Waals surface area contributed by atoms with E-state index in [9.17, 15) is 35.8 Å². The number of ether oxygens (including phenoxy) is 1. The minimum Gasteiger partial charge on any atom is -0.508 e. The molecule has 0 saturated carbocycles. The maximum atomic E-state index is 17.8. The van der Waals surface area contributed by atoms with Crippen molar-refractivity contribution in [1.82, 2.24) is 9.89 Å². The fourth-order valence-electron chi connectivity index (χ4n) is 8.75. The molecule has 0 fully saturated rings. The Morgan fingerprint density at radius 3 is 2.28 bits per heavy atom. The van der Waals surface area contributed by atoms with Gasteiger partial charge in [0.1, 0.15) is 45.0 Å². The molecule has 23 heteroatoms. The molecule has 0 unspecified atom stereocenters. The average molecular weight is 1050 g/mol. The normalized spacial score (nSPS) is 15.4. The Hall–Kier alpha value is -4.92. The maximum absolute atomic E-state index is 17.8. The number of fused-ring (bicyclic) bond motifs is 8. The second-order valence-electron chi connectivity index (χ2n) is 17.2. The van der Waals surface area contributed by atoms with Gasteiger partial charge in [-0.15, -0.1) is 38.8 Å². The molecule has 5 N–H and O–H groups in total. The van der Waals surface area contributed by atoms with E-state index in [4.69, 9.17) is 14.3 Å². The molecule has 0 bridgehead atoms. The van der Waals surface area contributed by atoms with Crippen molar-refractivity contribution in [1.29, 1.82) is 0 Å². The van der Waals surface area contributed by atoms with Crippen molar-refractivity contribution >= 4 is 83.9 Å². The molecule has 356 valence electrons. The Morgan fingerprint density at radius 1 is 0.897 bits per heavy atom. The highest BCUT2D eigenvalue weighted by atomic mass is 32.3. The van der Waals surface area contributed by atoms with Gasteiger partial charge in [-0.3, -0.25) is 13.9 Å². The van der Waals surface area contributed by atoms with Gasteiger partial charge >= 0.3 is 10.1 Å². The lowest BCUT2D eigenvalue weighted by Gasteiger charge is -2.43. The number of nitrogens with zero attached hydrogens (tertiary/aromatic N) is 2. The first-order valence-electron chi connectivity index (χ1n) is 20.4. The molecule has 5 heterocycles. The van der Waals surface area contributed by atoms with Gasteiger partial charge < -0.3 is 20.1 Å². The molecule has 68 heavy (non-hydrogen) atoms. The molecule has 15 nitrogen and oxygen atoms in total. The lowest BCUT2D eigenvalue weighted by molar-refractivity contribution is -0.432. The summed E-state index contributed by atoms with van der Waals surface area (Å²) >= 11 is 3.43. The number of aromatic hydroxyl groups is 1. The van der Waals surface area contributed by atoms with Crippen LogP contribution in [0.5, 0.6) is 17.2 Å². The van der Waals surface area contributed by atoms with E-state index in [1.54, 1.807) is 43.4 Å². The molecule has 0 aliphatic carbocycles. The van der Waals surface area contributed by atoms with E-state index in [0.717, 1.165) is 34.5 Å². The fourth-order valence-corrected chi connectivity index (χ4v) is 14.1. The van der Waals surface area contributed by atoms with Crippen LogP contribution in [0.4, 0.5) is 14.5 Å². The summed E-state index contributed by atoms with van der Waals surface area (Å²) in [6.07, 6.45) is 0.405. The number of thioether (sulfide) groups is 1. The van der Waals surface area contributed by atoms with E-state index in [2.05, 4.69) is 10.4 Å². The molecule has 3 aliphatic rings. The minimum atomic E-state index is -5.57. The van der Waals surface area contributed by atoms with Crippen LogP contribution in [0, 0.1) is 11.6 Å². The van der Waals surface area contributed by atoms with Crippen LogP contribution in [0.1, 0.15) is 55.5 Å². The molecule has 0 spiro atoms. The van der Waals surface area contributed by atoms with Crippen molar-refractivity contribution in [2.45, 2.75) is 63.4 Å². The zero-order valence-corrected chi connectivity index (χ0v) is 41.5. The molecule has 0 saturated heterocycles. The first-order chi connectivity index (χ1) is 31.9. The van der Waals surface area contributed by atoms with E-state index in [1.165, 1.54) is 29.5 Å². The molecule has 1 amide bonds. The lowest BCUT2D eigenvalue weighted by Crippen LogP contribution is -2.46. The minimum absolute atomic E-state index is 0.0371. The summed E-state index contributed by atoms with van der Waals surface area (Å²) in [6, 6.07) is 16.7. The van der Waals surface area contributed by atoms with E-state index >= 15 is 8.78 Å². The number of phenols is 1. The molecular formula is C45H40F2N3O12S6+. The Kier molecular flexibility index (Phi) is 12.2. The number of carbonyl (C=O) groups is 1. The van der Waals surface area contributed by atoms with Crippen molar-refractivity contribution in [3.63, 3.8) is 0 Å². The third kappa shape index (κ3) is 8.19. The van der Waals surface area contributed by atoms with Crippen molar-refractivity contribution in [3.05, 3.63) is 117 Å². The molecule has 0 radical (unpaired) electrons. The van der Waals surface area contributed by atoms with Crippen molar-refractivity contribution in [3.8, 4) is 38.1 Å². The number of halogens is 2. The summed E-state index contributed by atoms with van der Waals surface area (Å²) < 4.78 is 121. The summed E-state index contributed by atoms with van der Waals surface area (Å²) in [7, 11) is -6.62. The predicted octanol–water partition coefficient (Wildman–Crippen LogP) is 7.91. The van der Waals surface area contributed by atoms with Crippen LogP contribution >= 0.6 is 46.5 Å². The van der Waals surface area contributed by atoms with E-state index < -0.39 is 70.0 Å². The van der Waals surface area contributed by atoms with Gasteiger partial charge in [0, 0.05) is 82.0 Å². The van der Waals surface area contributed by atoms with E-state index in [1.807, 2.05) is 50.3 Å². The summed E-state index contributed by atoms with van der Waals surface area (Å²) in [5, 5.41) is 25.6. The fraction of sp³-hybridized carbons (Fsp3) is 0.244. The molecule has 4 aromatic carbocycles. The summed E-state index contributed by atoms with van der Waals surface area (Å²) in [6.45, 7) is 7.86. The van der Waals surface area contributed by atoms with Gasteiger partial charge in [0.15, 0.2) is 5.54 Å². The van der Waals surface area contributed by atoms with Gasteiger partial charge in [-0.05, 0) is 73.9 Å². The van der Waals surface area contributed by atoms with Crippen LogP contribution in [-0.2, 0) is 51.9 Å². The van der Waals surface area contributed by atoms with Crippen LogP contribution in [-0.4, -0.2) is 68.6 Å². The largest absolute Gasteiger partial charge is 0.508 e. The first-order valence-corrected chi connectivity index (χ1v) is 26.6. The standard InChI is InChI=1S/C45H39F2N3O12S6/c1-44(2)27-15-36(66-62-61-53)64-41(27)23-13-25-32(18-30(23)49(44)5)60-33-19-31-24(42-28(45(3,4)50(31)6)16-37(65-42)67(54,55)56)14-26(33)38(25)39-40(47)34(17-29(46)43(39)68(57,58)59)63-20-35(52)48-12-11-21-7-9-22(51)10-8-21/h7-10,13-19H,11-12,20H2,1-6H3,(H4-,48,51,52,53,54,55,56,57,58,59)/p+1. The van der Waals surface area contributed by atoms with Crippen LogP contribution < -0.4 is 30.1 Å². The quantitative estimate of drug-likeness (QED) is 0.0197. The average Bonchev–Trinajstić information content (AvgIpc) is 3.93. The van der Waals surface area contributed by atoms with Crippen molar-refractivity contribution < 1.29 is 64.0 Å². The number of carbonyl (C=O) groups excluding carboxylic acids is 1. The lowest BCUT2D eigenvalue weighted by atomic mass is 9.83. The number of thiophene rings is 2. The molecule has 2 aromatic heterocycles. The Labute approximate surface area is 404 Å².